The minimum absolute atomic E-state index is 0.106. The van der Waals surface area contributed by atoms with E-state index in [0.29, 0.717) is 12.8 Å². The lowest BCUT2D eigenvalue weighted by molar-refractivity contribution is 0.147. The van der Waals surface area contributed by atoms with Gasteiger partial charge in [-0.3, -0.25) is 4.55 Å². The summed E-state index contributed by atoms with van der Waals surface area (Å²) in [6.07, 6.45) is 20.2. The summed E-state index contributed by atoms with van der Waals surface area (Å²) in [6, 6.07) is 0. The third-order valence-electron chi connectivity index (χ3n) is 5.76. The summed E-state index contributed by atoms with van der Waals surface area (Å²) in [6.45, 7) is 4.26. The van der Waals surface area contributed by atoms with Crippen molar-refractivity contribution >= 4 is 10.1 Å². The van der Waals surface area contributed by atoms with Crippen LogP contribution in [0.25, 0.3) is 0 Å². The van der Waals surface area contributed by atoms with Gasteiger partial charge in [0.05, 0.1) is 11.4 Å². The van der Waals surface area contributed by atoms with E-state index in [-0.39, 0.29) is 6.10 Å². The molecule has 0 spiro atoms. The molecule has 0 aliphatic rings. The van der Waals surface area contributed by atoms with Gasteiger partial charge in [0.15, 0.2) is 0 Å². The van der Waals surface area contributed by atoms with Crippen LogP contribution in [0.2, 0.25) is 0 Å². The first kappa shape index (κ1) is 27.9. The molecule has 2 unspecified atom stereocenters. The van der Waals surface area contributed by atoms with Gasteiger partial charge in [0.2, 0.25) is 0 Å². The summed E-state index contributed by atoms with van der Waals surface area (Å²) in [5.74, 6) is 0. The van der Waals surface area contributed by atoms with Crippen molar-refractivity contribution in [2.75, 3.05) is 0 Å². The molecule has 0 aromatic carbocycles. The second-order valence-corrected chi connectivity index (χ2v) is 10.2. The first-order valence-electron chi connectivity index (χ1n) is 12.1. The Balaban J connectivity index is 3.47. The van der Waals surface area contributed by atoms with Crippen LogP contribution in [0, 0.1) is 0 Å². The molecule has 0 radical (unpaired) electrons. The molecule has 0 aromatic rings. The molecule has 0 fully saturated rings. The highest BCUT2D eigenvalue weighted by Gasteiger charge is 2.21. The SMILES string of the molecule is CCCCCCCC(O)CCCCCCCCCCC(CCCC)S(=O)(=O)O. The maximum absolute atomic E-state index is 11.4. The first-order chi connectivity index (χ1) is 13.4. The minimum Gasteiger partial charge on any atom is -0.393 e. The lowest BCUT2D eigenvalue weighted by atomic mass is 10.0. The molecule has 4 nitrogen and oxygen atoms in total. The van der Waals surface area contributed by atoms with Crippen molar-refractivity contribution in [3.05, 3.63) is 0 Å². The Bertz CT molecular complexity index is 422. The van der Waals surface area contributed by atoms with Gasteiger partial charge in [-0.05, 0) is 25.7 Å². The molecule has 2 N–H and O–H groups in total. The summed E-state index contributed by atoms with van der Waals surface area (Å²) in [5, 5.41) is 9.44. The average molecular weight is 421 g/mol. The standard InChI is InChI=1S/C23H48O4S/c1-3-5-7-12-15-18-22(24)19-16-13-10-8-9-11-14-17-21-23(20-6-4-2)28(25,26)27/h22-24H,3-21H2,1-2H3,(H,25,26,27). The molecular formula is C23H48O4S. The molecular weight excluding hydrogens is 372 g/mol. The number of rotatable bonds is 21. The first-order valence-corrected chi connectivity index (χ1v) is 13.6. The second kappa shape index (κ2) is 18.9. The van der Waals surface area contributed by atoms with Crippen LogP contribution in [0.4, 0.5) is 0 Å². The van der Waals surface area contributed by atoms with Crippen molar-refractivity contribution in [1.29, 1.82) is 0 Å². The van der Waals surface area contributed by atoms with Gasteiger partial charge >= 0.3 is 0 Å². The van der Waals surface area contributed by atoms with Gasteiger partial charge in [-0.25, -0.2) is 0 Å². The molecule has 0 saturated heterocycles. The Labute approximate surface area is 175 Å². The molecule has 0 saturated carbocycles. The zero-order chi connectivity index (χ0) is 21.1. The summed E-state index contributed by atoms with van der Waals surface area (Å²) in [4.78, 5) is 0. The lowest BCUT2D eigenvalue weighted by Crippen LogP contribution is -2.20. The van der Waals surface area contributed by atoms with E-state index in [1.807, 2.05) is 6.92 Å². The van der Waals surface area contributed by atoms with Crippen molar-refractivity contribution in [3.63, 3.8) is 0 Å². The summed E-state index contributed by atoms with van der Waals surface area (Å²) in [5.41, 5.74) is 0. The number of hydrogen-bond acceptors (Lipinski definition) is 3. The van der Waals surface area contributed by atoms with Crippen LogP contribution in [-0.4, -0.2) is 29.4 Å². The topological polar surface area (TPSA) is 74.6 Å². The van der Waals surface area contributed by atoms with Crippen LogP contribution in [-0.2, 0) is 10.1 Å². The lowest BCUT2D eigenvalue weighted by Gasteiger charge is -2.13. The van der Waals surface area contributed by atoms with Gasteiger partial charge in [-0.2, -0.15) is 8.42 Å². The van der Waals surface area contributed by atoms with E-state index in [1.54, 1.807) is 0 Å². The second-order valence-electron chi connectivity index (χ2n) is 8.54. The molecule has 0 bridgehead atoms. The number of aliphatic hydroxyl groups excluding tert-OH is 1. The average Bonchev–Trinajstić information content (AvgIpc) is 2.64. The zero-order valence-corrected chi connectivity index (χ0v) is 19.5. The third-order valence-corrected chi connectivity index (χ3v) is 7.07. The van der Waals surface area contributed by atoms with Gasteiger partial charge in [-0.1, -0.05) is 110 Å². The minimum atomic E-state index is -3.88. The third kappa shape index (κ3) is 17.9. The molecule has 0 amide bonds. The van der Waals surface area contributed by atoms with Crippen LogP contribution in [0.5, 0.6) is 0 Å². The van der Waals surface area contributed by atoms with Crippen molar-refractivity contribution in [3.8, 4) is 0 Å². The van der Waals surface area contributed by atoms with E-state index in [1.165, 1.54) is 51.4 Å². The fourth-order valence-corrected chi connectivity index (χ4v) is 4.74. The molecule has 2 atom stereocenters. The van der Waals surface area contributed by atoms with Crippen molar-refractivity contribution in [2.45, 2.75) is 147 Å². The molecule has 0 rings (SSSR count). The Morgan fingerprint density at radius 2 is 0.929 bits per heavy atom. The maximum Gasteiger partial charge on any atom is 0.267 e. The van der Waals surface area contributed by atoms with Crippen molar-refractivity contribution < 1.29 is 18.1 Å². The maximum atomic E-state index is 11.4. The van der Waals surface area contributed by atoms with Gasteiger partial charge < -0.3 is 5.11 Å². The molecule has 0 aromatic heterocycles. The molecule has 0 heterocycles. The van der Waals surface area contributed by atoms with E-state index in [4.69, 9.17) is 0 Å². The van der Waals surface area contributed by atoms with Gasteiger partial charge in [-0.15, -0.1) is 0 Å². The smallest absolute Gasteiger partial charge is 0.267 e. The highest BCUT2D eigenvalue weighted by Crippen LogP contribution is 2.18. The Hall–Kier alpha value is -0.130. The van der Waals surface area contributed by atoms with Gasteiger partial charge in [0.25, 0.3) is 10.1 Å². The monoisotopic (exact) mass is 420 g/mol. The van der Waals surface area contributed by atoms with E-state index in [9.17, 15) is 18.1 Å². The molecule has 170 valence electrons. The van der Waals surface area contributed by atoms with E-state index < -0.39 is 15.4 Å². The molecule has 28 heavy (non-hydrogen) atoms. The van der Waals surface area contributed by atoms with Crippen LogP contribution in [0.3, 0.4) is 0 Å². The molecule has 0 aliphatic carbocycles. The normalized spacial score (nSPS) is 14.3. The zero-order valence-electron chi connectivity index (χ0n) is 18.7. The highest BCUT2D eigenvalue weighted by atomic mass is 32.2. The van der Waals surface area contributed by atoms with Crippen LogP contribution in [0.1, 0.15) is 136 Å². The summed E-state index contributed by atoms with van der Waals surface area (Å²) in [7, 11) is -3.88. The predicted molar refractivity (Wildman–Crippen MR) is 120 cm³/mol. The largest absolute Gasteiger partial charge is 0.393 e. The van der Waals surface area contributed by atoms with Crippen LogP contribution < -0.4 is 0 Å². The number of unbranched alkanes of at least 4 members (excludes halogenated alkanes) is 12. The van der Waals surface area contributed by atoms with E-state index in [2.05, 4.69) is 6.92 Å². The fraction of sp³-hybridized carbons (Fsp3) is 1.00. The van der Waals surface area contributed by atoms with Gasteiger partial charge in [0.1, 0.15) is 0 Å². The summed E-state index contributed by atoms with van der Waals surface area (Å²) < 4.78 is 32.1. The Morgan fingerprint density at radius 1 is 0.571 bits per heavy atom. The predicted octanol–water partition coefficient (Wildman–Crippen LogP) is 7.06. The van der Waals surface area contributed by atoms with E-state index in [0.717, 1.165) is 57.8 Å². The number of hydrogen-bond donors (Lipinski definition) is 2. The van der Waals surface area contributed by atoms with Crippen molar-refractivity contribution in [1.82, 2.24) is 0 Å². The summed E-state index contributed by atoms with van der Waals surface area (Å²) >= 11 is 0. The van der Waals surface area contributed by atoms with E-state index >= 15 is 0 Å². The Morgan fingerprint density at radius 3 is 1.36 bits per heavy atom. The molecule has 5 heteroatoms. The van der Waals surface area contributed by atoms with Gasteiger partial charge in [0, 0.05) is 0 Å². The fourth-order valence-electron chi connectivity index (χ4n) is 3.81. The van der Waals surface area contributed by atoms with Crippen LogP contribution in [0.15, 0.2) is 0 Å². The quantitative estimate of drug-likeness (QED) is 0.154. The number of aliphatic hydroxyl groups is 1. The van der Waals surface area contributed by atoms with Crippen molar-refractivity contribution in [2.24, 2.45) is 0 Å². The highest BCUT2D eigenvalue weighted by molar-refractivity contribution is 7.86. The molecule has 0 aliphatic heterocycles. The Kier molecular flexibility index (Phi) is 18.8. The van der Waals surface area contributed by atoms with Crippen LogP contribution >= 0.6 is 0 Å².